The van der Waals surface area contributed by atoms with Crippen LogP contribution >= 0.6 is 0 Å². The van der Waals surface area contributed by atoms with Crippen molar-refractivity contribution in [3.63, 3.8) is 0 Å². The van der Waals surface area contributed by atoms with Gasteiger partial charge in [-0.1, -0.05) is 30.7 Å². The summed E-state index contributed by atoms with van der Waals surface area (Å²) < 4.78 is 10.7. The third-order valence-electron chi connectivity index (χ3n) is 3.51. The van der Waals surface area contributed by atoms with Crippen LogP contribution in [0.3, 0.4) is 0 Å². The number of benzene rings is 1. The molecule has 0 saturated carbocycles. The summed E-state index contributed by atoms with van der Waals surface area (Å²) in [6.07, 6.45) is 8.32. The van der Waals surface area contributed by atoms with Crippen LogP contribution in [0, 0.1) is 5.92 Å². The van der Waals surface area contributed by atoms with E-state index in [4.69, 9.17) is 20.9 Å². The number of primary amides is 2. The lowest BCUT2D eigenvalue weighted by molar-refractivity contribution is -0.120. The van der Waals surface area contributed by atoms with Gasteiger partial charge >= 0.3 is 0 Å². The van der Waals surface area contributed by atoms with Gasteiger partial charge in [0.25, 0.3) is 11.8 Å². The second kappa shape index (κ2) is 11.0. The molecule has 26 heavy (non-hydrogen) atoms. The minimum Gasteiger partial charge on any atom is -0.484 e. The number of hydrogen-bond acceptors (Lipinski definition) is 4. The highest BCUT2D eigenvalue weighted by molar-refractivity contribution is 5.76. The molecular formula is C20H28N2O4. The molecule has 0 aliphatic carbocycles. The zero-order chi connectivity index (χ0) is 19.5. The summed E-state index contributed by atoms with van der Waals surface area (Å²) in [5.74, 6) is 0.133. The van der Waals surface area contributed by atoms with Crippen LogP contribution in [0.5, 0.6) is 11.5 Å². The molecule has 0 saturated heterocycles. The van der Waals surface area contributed by atoms with E-state index in [1.807, 2.05) is 6.08 Å². The van der Waals surface area contributed by atoms with Crippen molar-refractivity contribution < 1.29 is 19.1 Å². The molecule has 0 aliphatic heterocycles. The molecule has 0 aromatic heterocycles. The largest absolute Gasteiger partial charge is 0.484 e. The Hall–Kier alpha value is -2.76. The quantitative estimate of drug-likeness (QED) is 0.592. The number of hydrogen-bond donors (Lipinski definition) is 2. The van der Waals surface area contributed by atoms with Gasteiger partial charge in [0.2, 0.25) is 0 Å². The number of ether oxygens (including phenoxy) is 2. The number of carbonyl (C=O) groups excluding carboxylic acids is 2. The van der Waals surface area contributed by atoms with Crippen LogP contribution < -0.4 is 20.9 Å². The molecule has 4 N–H and O–H groups in total. The van der Waals surface area contributed by atoms with Crippen LogP contribution in [0.15, 0.2) is 35.9 Å². The number of rotatable bonds is 11. The fourth-order valence-electron chi connectivity index (χ4n) is 2.17. The molecule has 0 radical (unpaired) electrons. The smallest absolute Gasteiger partial charge is 0.255 e. The maximum atomic E-state index is 11.0. The first-order valence-corrected chi connectivity index (χ1v) is 8.55. The van der Waals surface area contributed by atoms with Crippen LogP contribution in [0.1, 0.15) is 39.2 Å². The Morgan fingerprint density at radius 3 is 2.38 bits per heavy atom. The van der Waals surface area contributed by atoms with E-state index < -0.39 is 11.8 Å². The third-order valence-corrected chi connectivity index (χ3v) is 3.51. The van der Waals surface area contributed by atoms with Crippen molar-refractivity contribution in [2.75, 3.05) is 13.2 Å². The topological polar surface area (TPSA) is 105 Å². The number of amides is 2. The third kappa shape index (κ3) is 8.92. The molecular weight excluding hydrogens is 332 g/mol. The predicted molar refractivity (Wildman–Crippen MR) is 103 cm³/mol. The van der Waals surface area contributed by atoms with Crippen LogP contribution in [0.25, 0.3) is 6.08 Å². The molecule has 6 heteroatoms. The van der Waals surface area contributed by atoms with Crippen LogP contribution in [-0.2, 0) is 9.59 Å². The van der Waals surface area contributed by atoms with E-state index in [9.17, 15) is 9.59 Å². The fraction of sp³-hybridized carbons (Fsp3) is 0.400. The Kier molecular flexibility index (Phi) is 8.98. The van der Waals surface area contributed by atoms with E-state index in [2.05, 4.69) is 32.9 Å². The monoisotopic (exact) mass is 360 g/mol. The molecule has 0 aliphatic rings. The molecule has 0 heterocycles. The first-order chi connectivity index (χ1) is 12.3. The van der Waals surface area contributed by atoms with Gasteiger partial charge in [-0.2, -0.15) is 0 Å². The maximum absolute atomic E-state index is 11.0. The molecule has 1 aromatic carbocycles. The Morgan fingerprint density at radius 1 is 1.12 bits per heavy atom. The molecule has 0 spiro atoms. The summed E-state index contributed by atoms with van der Waals surface area (Å²) in [7, 11) is 0. The molecule has 1 rings (SSSR count). The van der Waals surface area contributed by atoms with Gasteiger partial charge in [0.1, 0.15) is 11.5 Å². The van der Waals surface area contributed by atoms with Crippen molar-refractivity contribution in [3.8, 4) is 11.5 Å². The summed E-state index contributed by atoms with van der Waals surface area (Å²) in [6, 6.07) is 5.12. The second-order valence-corrected chi connectivity index (χ2v) is 6.40. The summed E-state index contributed by atoms with van der Waals surface area (Å²) in [5, 5.41) is 0. The highest BCUT2D eigenvalue weighted by atomic mass is 16.5. The van der Waals surface area contributed by atoms with E-state index in [1.165, 1.54) is 5.57 Å². The standard InChI is InChI=1S/C20H28N2O4/c1-14(2)5-4-6-15(3)7-8-16-9-10-17(25-12-19(21)23)11-18(16)26-13-20(22)24/h5,7-11,15H,4,6,12-13H2,1-3H3,(H2,21,23)(H2,22,24). The molecule has 2 amide bonds. The Bertz CT molecular complexity index is 676. The normalized spacial score (nSPS) is 11.8. The molecule has 0 fully saturated rings. The van der Waals surface area contributed by atoms with E-state index in [0.29, 0.717) is 17.4 Å². The van der Waals surface area contributed by atoms with Crippen molar-refractivity contribution >= 4 is 17.9 Å². The zero-order valence-corrected chi connectivity index (χ0v) is 15.7. The highest BCUT2D eigenvalue weighted by Gasteiger charge is 2.07. The maximum Gasteiger partial charge on any atom is 0.255 e. The van der Waals surface area contributed by atoms with Gasteiger partial charge in [-0.05, 0) is 44.7 Å². The van der Waals surface area contributed by atoms with Crippen LogP contribution in [0.4, 0.5) is 0 Å². The molecule has 1 atom stereocenters. The lowest BCUT2D eigenvalue weighted by atomic mass is 10.0. The number of carbonyl (C=O) groups is 2. The Morgan fingerprint density at radius 2 is 1.77 bits per heavy atom. The summed E-state index contributed by atoms with van der Waals surface area (Å²) in [4.78, 5) is 21.8. The molecule has 6 nitrogen and oxygen atoms in total. The number of allylic oxidation sites excluding steroid dienone is 3. The summed E-state index contributed by atoms with van der Waals surface area (Å²) >= 11 is 0. The molecule has 1 unspecified atom stereocenters. The molecule has 0 bridgehead atoms. The van der Waals surface area contributed by atoms with Crippen molar-refractivity contribution in [1.82, 2.24) is 0 Å². The van der Waals surface area contributed by atoms with E-state index in [1.54, 1.807) is 18.2 Å². The fourth-order valence-corrected chi connectivity index (χ4v) is 2.17. The lowest BCUT2D eigenvalue weighted by Gasteiger charge is -2.11. The second-order valence-electron chi connectivity index (χ2n) is 6.40. The highest BCUT2D eigenvalue weighted by Crippen LogP contribution is 2.27. The van der Waals surface area contributed by atoms with Crippen LogP contribution in [0.2, 0.25) is 0 Å². The average molecular weight is 360 g/mol. The molecule has 1 aromatic rings. The van der Waals surface area contributed by atoms with Gasteiger partial charge in [0.15, 0.2) is 13.2 Å². The zero-order valence-electron chi connectivity index (χ0n) is 15.7. The van der Waals surface area contributed by atoms with Crippen molar-refractivity contribution in [2.45, 2.75) is 33.6 Å². The van der Waals surface area contributed by atoms with E-state index >= 15 is 0 Å². The predicted octanol–water partition coefficient (Wildman–Crippen LogP) is 2.81. The average Bonchev–Trinajstić information content (AvgIpc) is 2.56. The number of nitrogens with two attached hydrogens (primary N) is 2. The minimum absolute atomic E-state index is 0.230. The van der Waals surface area contributed by atoms with Gasteiger partial charge in [-0.3, -0.25) is 9.59 Å². The van der Waals surface area contributed by atoms with Gasteiger partial charge in [-0.15, -0.1) is 0 Å². The van der Waals surface area contributed by atoms with Crippen molar-refractivity contribution in [2.24, 2.45) is 17.4 Å². The SMILES string of the molecule is CC(C)=CCCC(C)C=Cc1ccc(OCC(N)=O)cc1OCC(N)=O. The van der Waals surface area contributed by atoms with E-state index in [0.717, 1.165) is 18.4 Å². The van der Waals surface area contributed by atoms with Crippen molar-refractivity contribution in [1.29, 1.82) is 0 Å². The lowest BCUT2D eigenvalue weighted by Crippen LogP contribution is -2.21. The minimum atomic E-state index is -0.571. The first-order valence-electron chi connectivity index (χ1n) is 8.55. The first kappa shape index (κ1) is 21.3. The van der Waals surface area contributed by atoms with E-state index in [-0.39, 0.29) is 13.2 Å². The van der Waals surface area contributed by atoms with Gasteiger partial charge in [0.05, 0.1) is 0 Å². The molecule has 142 valence electrons. The van der Waals surface area contributed by atoms with Gasteiger partial charge in [0, 0.05) is 11.6 Å². The Balaban J connectivity index is 2.85. The Labute approximate surface area is 154 Å². The summed E-state index contributed by atoms with van der Waals surface area (Å²) in [6.45, 7) is 5.85. The summed E-state index contributed by atoms with van der Waals surface area (Å²) in [5.41, 5.74) is 12.3. The van der Waals surface area contributed by atoms with Crippen molar-refractivity contribution in [3.05, 3.63) is 41.5 Å². The van der Waals surface area contributed by atoms with Gasteiger partial charge < -0.3 is 20.9 Å². The van der Waals surface area contributed by atoms with Gasteiger partial charge in [-0.25, -0.2) is 0 Å². The van der Waals surface area contributed by atoms with Crippen LogP contribution in [-0.4, -0.2) is 25.0 Å².